The van der Waals surface area contributed by atoms with Crippen molar-refractivity contribution < 1.29 is 12.6 Å². The molecule has 1 heterocycles. The fraction of sp³-hybridized carbons (Fsp3) is 0.385. The summed E-state index contributed by atoms with van der Waals surface area (Å²) in [6.45, 7) is 14.6. The van der Waals surface area contributed by atoms with Crippen molar-refractivity contribution in [3.8, 4) is 11.1 Å². The first-order valence-electron chi connectivity index (χ1n) is 11.2. The van der Waals surface area contributed by atoms with Crippen LogP contribution in [-0.2, 0) is 20.8 Å². The fourth-order valence-electron chi connectivity index (χ4n) is 3.33. The van der Waals surface area contributed by atoms with Gasteiger partial charge in [0.15, 0.2) is 0 Å². The summed E-state index contributed by atoms with van der Waals surface area (Å²) in [5.41, 5.74) is 4.32. The molecule has 0 amide bonds. The van der Waals surface area contributed by atoms with Crippen molar-refractivity contribution in [2.45, 2.75) is 46.1 Å². The molecule has 0 aliphatic carbocycles. The van der Waals surface area contributed by atoms with Crippen LogP contribution in [0.4, 0.5) is 0 Å². The maximum Gasteiger partial charge on any atom is 0.297 e. The first-order chi connectivity index (χ1) is 15.3. The first kappa shape index (κ1) is 25.8. The largest absolute Gasteiger partial charge is 0.349 e. The van der Waals surface area contributed by atoms with Crippen molar-refractivity contribution in [3.63, 3.8) is 0 Å². The van der Waals surface area contributed by atoms with E-state index in [1.165, 1.54) is 19.6 Å². The van der Waals surface area contributed by atoms with Crippen LogP contribution in [0.2, 0.25) is 0 Å². The van der Waals surface area contributed by atoms with Crippen LogP contribution < -0.4 is 0 Å². The van der Waals surface area contributed by atoms with E-state index < -0.39 is 10.1 Å². The topological polar surface area (TPSA) is 51.5 Å². The normalized spacial score (nSPS) is 11.3. The fourth-order valence-corrected chi connectivity index (χ4v) is 4.23. The van der Waals surface area contributed by atoms with E-state index in [4.69, 9.17) is 4.18 Å². The van der Waals surface area contributed by atoms with Gasteiger partial charge >= 0.3 is 0 Å². The van der Waals surface area contributed by atoms with E-state index in [0.717, 1.165) is 22.4 Å². The summed E-state index contributed by atoms with van der Waals surface area (Å²) in [6.07, 6.45) is 2.02. The van der Waals surface area contributed by atoms with Gasteiger partial charge in [-0.2, -0.15) is 8.42 Å². The predicted molar refractivity (Wildman–Crippen MR) is 132 cm³/mol. The average Bonchev–Trinajstić information content (AvgIpc) is 3.17. The van der Waals surface area contributed by atoms with Gasteiger partial charge in [-0.1, -0.05) is 68.8 Å². The highest BCUT2D eigenvalue weighted by molar-refractivity contribution is 7.86. The highest BCUT2D eigenvalue weighted by Gasteiger charge is 2.15. The molecule has 0 radical (unpaired) electrons. The van der Waals surface area contributed by atoms with Crippen LogP contribution in [0.15, 0.2) is 71.8 Å². The van der Waals surface area contributed by atoms with Gasteiger partial charge in [0.05, 0.1) is 11.5 Å². The summed E-state index contributed by atoms with van der Waals surface area (Å²) >= 11 is 0. The molecule has 174 valence electrons. The summed E-state index contributed by atoms with van der Waals surface area (Å²) in [5.74, 6) is 0. The Balaban J connectivity index is 0.000000451. The summed E-state index contributed by atoms with van der Waals surface area (Å²) in [7, 11) is -3.72. The number of hydrogen-bond donors (Lipinski definition) is 0. The Morgan fingerprint density at radius 2 is 1.44 bits per heavy atom. The Morgan fingerprint density at radius 3 is 1.97 bits per heavy atom. The van der Waals surface area contributed by atoms with Gasteiger partial charge in [-0.15, -0.1) is 0 Å². The molecule has 0 spiro atoms. The number of aromatic nitrogens is 1. The quantitative estimate of drug-likeness (QED) is 0.398. The number of hydrogen-bond acceptors (Lipinski definition) is 4. The molecular formula is C26H36N2O3S. The summed E-state index contributed by atoms with van der Waals surface area (Å²) in [5, 5.41) is 0. The van der Waals surface area contributed by atoms with E-state index in [1.54, 1.807) is 24.3 Å². The first-order valence-corrected chi connectivity index (χ1v) is 12.6. The molecule has 0 fully saturated rings. The third kappa shape index (κ3) is 7.62. The number of nitrogens with zero attached hydrogens (tertiary/aromatic N) is 2. The Bertz CT molecular complexity index is 1030. The van der Waals surface area contributed by atoms with Crippen LogP contribution in [0.1, 0.15) is 32.0 Å². The minimum absolute atomic E-state index is 0.0972. The van der Waals surface area contributed by atoms with E-state index in [2.05, 4.69) is 43.9 Å². The van der Waals surface area contributed by atoms with Crippen molar-refractivity contribution in [2.75, 3.05) is 26.2 Å². The molecule has 0 aliphatic rings. The van der Waals surface area contributed by atoms with E-state index in [9.17, 15) is 8.42 Å². The van der Waals surface area contributed by atoms with E-state index in [0.29, 0.717) is 6.54 Å². The van der Waals surface area contributed by atoms with Crippen molar-refractivity contribution in [1.29, 1.82) is 0 Å². The Labute approximate surface area is 193 Å². The van der Waals surface area contributed by atoms with E-state index >= 15 is 0 Å². The van der Waals surface area contributed by atoms with Crippen LogP contribution in [0, 0.1) is 13.8 Å². The smallest absolute Gasteiger partial charge is 0.297 e. The third-order valence-electron chi connectivity index (χ3n) is 5.44. The van der Waals surface area contributed by atoms with Crippen LogP contribution in [0.5, 0.6) is 0 Å². The minimum Gasteiger partial charge on any atom is -0.349 e. The third-order valence-corrected chi connectivity index (χ3v) is 6.77. The molecular weight excluding hydrogens is 420 g/mol. The summed E-state index contributed by atoms with van der Waals surface area (Å²) < 4.78 is 31.6. The lowest BCUT2D eigenvalue weighted by atomic mass is 10.1. The molecule has 3 rings (SSSR count). The zero-order chi connectivity index (χ0) is 23.6. The standard InChI is InChI=1S/C20H21NO3S.C6H15N/c1-16-8-10-20(11-9-16)25(22,23)24-13-12-21-15-19(14-17(21)2)18-6-4-3-5-7-18;1-4-7(5-2)6-3/h3-11,14-15H,12-13H2,1-2H3;4-6H2,1-3H3. The predicted octanol–water partition coefficient (Wildman–Crippen LogP) is 5.53. The summed E-state index contributed by atoms with van der Waals surface area (Å²) in [4.78, 5) is 2.56. The molecule has 6 heteroatoms. The zero-order valence-electron chi connectivity index (χ0n) is 19.9. The number of benzene rings is 2. The van der Waals surface area contributed by atoms with Gasteiger partial charge in [0.25, 0.3) is 10.1 Å². The lowest BCUT2D eigenvalue weighted by Gasteiger charge is -2.13. The van der Waals surface area contributed by atoms with Crippen molar-refractivity contribution in [2.24, 2.45) is 0 Å². The van der Waals surface area contributed by atoms with E-state index in [1.807, 2.05) is 42.8 Å². The molecule has 0 atom stereocenters. The molecule has 0 N–H and O–H groups in total. The van der Waals surface area contributed by atoms with Crippen LogP contribution >= 0.6 is 0 Å². The van der Waals surface area contributed by atoms with Crippen molar-refractivity contribution in [3.05, 3.63) is 78.1 Å². The monoisotopic (exact) mass is 456 g/mol. The SMILES string of the molecule is CCN(CC)CC.Cc1ccc(S(=O)(=O)OCCn2cc(-c3ccccc3)cc2C)cc1. The average molecular weight is 457 g/mol. The molecule has 2 aromatic carbocycles. The maximum absolute atomic E-state index is 12.2. The van der Waals surface area contributed by atoms with Gasteiger partial charge in [0, 0.05) is 18.4 Å². The van der Waals surface area contributed by atoms with Gasteiger partial charge < -0.3 is 9.47 Å². The zero-order valence-corrected chi connectivity index (χ0v) is 20.7. The molecule has 0 saturated heterocycles. The highest BCUT2D eigenvalue weighted by atomic mass is 32.2. The second-order valence-corrected chi connectivity index (χ2v) is 9.25. The summed E-state index contributed by atoms with van der Waals surface area (Å²) in [6, 6.07) is 18.8. The molecule has 5 nitrogen and oxygen atoms in total. The van der Waals surface area contributed by atoms with Crippen LogP contribution in [-0.4, -0.2) is 44.1 Å². The lowest BCUT2D eigenvalue weighted by molar-refractivity contribution is 0.300. The molecule has 0 unspecified atom stereocenters. The van der Waals surface area contributed by atoms with Gasteiger partial charge in [-0.05, 0) is 62.8 Å². The minimum atomic E-state index is -3.72. The molecule has 0 saturated carbocycles. The Hall–Kier alpha value is -2.41. The van der Waals surface area contributed by atoms with Gasteiger partial charge in [0.2, 0.25) is 0 Å². The molecule has 32 heavy (non-hydrogen) atoms. The molecule has 1 aromatic heterocycles. The Kier molecular flexibility index (Phi) is 10.2. The number of rotatable bonds is 9. The van der Waals surface area contributed by atoms with Crippen molar-refractivity contribution in [1.82, 2.24) is 9.47 Å². The molecule has 0 bridgehead atoms. The highest BCUT2D eigenvalue weighted by Crippen LogP contribution is 2.22. The maximum atomic E-state index is 12.2. The lowest BCUT2D eigenvalue weighted by Crippen LogP contribution is -2.21. The second-order valence-electron chi connectivity index (χ2n) is 7.64. The van der Waals surface area contributed by atoms with Gasteiger partial charge in [-0.25, -0.2) is 0 Å². The Morgan fingerprint density at radius 1 is 0.844 bits per heavy atom. The number of aryl methyl sites for hydroxylation is 2. The molecule has 0 aliphatic heterocycles. The van der Waals surface area contributed by atoms with Crippen LogP contribution in [0.25, 0.3) is 11.1 Å². The van der Waals surface area contributed by atoms with Gasteiger partial charge in [-0.3, -0.25) is 4.18 Å². The molecule has 3 aromatic rings. The second kappa shape index (κ2) is 12.6. The van der Waals surface area contributed by atoms with E-state index in [-0.39, 0.29) is 11.5 Å². The van der Waals surface area contributed by atoms with Gasteiger partial charge in [0.1, 0.15) is 0 Å². The van der Waals surface area contributed by atoms with Crippen molar-refractivity contribution >= 4 is 10.1 Å². The van der Waals surface area contributed by atoms with Crippen LogP contribution in [0.3, 0.4) is 0 Å².